The normalized spacial score (nSPS) is 18.8. The molecule has 0 atom stereocenters. The Morgan fingerprint density at radius 3 is 2.56 bits per heavy atom. The highest BCUT2D eigenvalue weighted by Gasteiger charge is 2.24. The van der Waals surface area contributed by atoms with Crippen molar-refractivity contribution in [2.75, 3.05) is 0 Å². The molecule has 0 aliphatic heterocycles. The molecule has 2 aromatic carbocycles. The molecule has 164 valence electrons. The summed E-state index contributed by atoms with van der Waals surface area (Å²) in [5.74, 6) is 0.918. The molecule has 1 N–H and O–H groups in total. The molecule has 1 saturated carbocycles. The molecular weight excluding hydrogens is 402 g/mol. The first kappa shape index (κ1) is 20.6. The van der Waals surface area contributed by atoms with E-state index in [4.69, 9.17) is 14.1 Å². The molecule has 2 aromatic heterocycles. The van der Waals surface area contributed by atoms with Gasteiger partial charge in [0.25, 0.3) is 0 Å². The number of furan rings is 1. The lowest BCUT2D eigenvalue weighted by atomic mass is 9.89. The molecule has 4 aromatic rings. The van der Waals surface area contributed by atoms with Crippen LogP contribution in [0.25, 0.3) is 33.3 Å². The molecular formula is C27H27NO4. The van der Waals surface area contributed by atoms with Crippen LogP contribution in [0.1, 0.15) is 54.1 Å². The minimum Gasteiger partial charge on any atom is -0.490 e. The molecule has 5 nitrogen and oxygen atoms in total. The minimum atomic E-state index is -1.000. The van der Waals surface area contributed by atoms with Gasteiger partial charge in [-0.25, -0.2) is 9.78 Å². The molecule has 0 saturated heterocycles. The molecule has 1 aliphatic rings. The molecule has 5 rings (SSSR count). The van der Waals surface area contributed by atoms with Crippen molar-refractivity contribution < 1.29 is 19.1 Å². The molecule has 0 spiro atoms. The predicted molar refractivity (Wildman–Crippen MR) is 125 cm³/mol. The second kappa shape index (κ2) is 7.97. The maximum atomic E-state index is 12.3. The SMILES string of the molecule is Cc1c(-c2cc(C(=O)O)c3c(OC4CCC(C)CC4)ccc(C)c3n2)oc2ccccc12. The van der Waals surface area contributed by atoms with Crippen molar-refractivity contribution >= 4 is 27.8 Å². The highest BCUT2D eigenvalue weighted by Crippen LogP contribution is 2.38. The van der Waals surface area contributed by atoms with Crippen molar-refractivity contribution in [3.05, 3.63) is 59.2 Å². The fourth-order valence-corrected chi connectivity index (χ4v) is 4.77. The summed E-state index contributed by atoms with van der Waals surface area (Å²) < 4.78 is 12.4. The standard InChI is InChI=1S/C27H27NO4/c1-15-8-11-18(12-9-15)31-23-13-10-16(2)25-24(23)20(27(29)30)14-21(28-25)26-17(3)19-6-4-5-7-22(19)32-26/h4-7,10,13-15,18H,8-9,11-12H2,1-3H3,(H,29,30). The second-order valence-corrected chi connectivity index (χ2v) is 9.02. The number of para-hydroxylation sites is 1. The smallest absolute Gasteiger partial charge is 0.336 e. The number of aromatic carboxylic acids is 1. The summed E-state index contributed by atoms with van der Waals surface area (Å²) in [5.41, 5.74) is 3.97. The Kier molecular flexibility index (Phi) is 5.12. The van der Waals surface area contributed by atoms with Crippen molar-refractivity contribution in [3.63, 3.8) is 0 Å². The highest BCUT2D eigenvalue weighted by molar-refractivity contribution is 6.07. The van der Waals surface area contributed by atoms with Crippen molar-refractivity contribution in [3.8, 4) is 17.2 Å². The number of hydrogen-bond donors (Lipinski definition) is 1. The average Bonchev–Trinajstić information content (AvgIpc) is 3.13. The van der Waals surface area contributed by atoms with Crippen LogP contribution < -0.4 is 4.74 Å². The van der Waals surface area contributed by atoms with E-state index in [2.05, 4.69) is 6.92 Å². The molecule has 0 bridgehead atoms. The van der Waals surface area contributed by atoms with Crippen LogP contribution in [0.4, 0.5) is 0 Å². The molecule has 32 heavy (non-hydrogen) atoms. The summed E-state index contributed by atoms with van der Waals surface area (Å²) in [6.07, 6.45) is 4.35. The van der Waals surface area contributed by atoms with Crippen molar-refractivity contribution in [2.45, 2.75) is 52.6 Å². The van der Waals surface area contributed by atoms with Gasteiger partial charge < -0.3 is 14.3 Å². The van der Waals surface area contributed by atoms with Gasteiger partial charge in [0.1, 0.15) is 17.0 Å². The number of carboxylic acids is 1. The number of aromatic nitrogens is 1. The van der Waals surface area contributed by atoms with Crippen LogP contribution in [0, 0.1) is 19.8 Å². The summed E-state index contributed by atoms with van der Waals surface area (Å²) in [4.78, 5) is 17.2. The fraction of sp³-hybridized carbons (Fsp3) is 0.333. The molecule has 2 heterocycles. The van der Waals surface area contributed by atoms with Gasteiger partial charge in [-0.3, -0.25) is 0 Å². The number of aryl methyl sites for hydroxylation is 2. The quantitative estimate of drug-likeness (QED) is 0.381. The van der Waals surface area contributed by atoms with Gasteiger partial charge in [-0.15, -0.1) is 0 Å². The maximum Gasteiger partial charge on any atom is 0.336 e. The third kappa shape index (κ3) is 3.52. The van der Waals surface area contributed by atoms with E-state index in [0.29, 0.717) is 28.1 Å². The summed E-state index contributed by atoms with van der Waals surface area (Å²) in [5, 5.41) is 11.7. The van der Waals surface area contributed by atoms with Crippen LogP contribution in [0.15, 0.2) is 46.9 Å². The van der Waals surface area contributed by atoms with Crippen LogP contribution in [0.3, 0.4) is 0 Å². The lowest BCUT2D eigenvalue weighted by molar-refractivity contribution is 0.0698. The second-order valence-electron chi connectivity index (χ2n) is 9.02. The maximum absolute atomic E-state index is 12.3. The number of nitrogens with zero attached hydrogens (tertiary/aromatic N) is 1. The molecule has 1 aliphatic carbocycles. The van der Waals surface area contributed by atoms with Gasteiger partial charge in [0.05, 0.1) is 22.6 Å². The van der Waals surface area contributed by atoms with E-state index in [9.17, 15) is 9.90 Å². The first-order valence-electron chi connectivity index (χ1n) is 11.2. The first-order chi connectivity index (χ1) is 15.4. The molecule has 0 radical (unpaired) electrons. The lowest BCUT2D eigenvalue weighted by Gasteiger charge is -2.27. The summed E-state index contributed by atoms with van der Waals surface area (Å²) in [6.45, 7) is 6.19. The van der Waals surface area contributed by atoms with Gasteiger partial charge in [-0.05, 0) is 69.2 Å². The number of rotatable bonds is 4. The van der Waals surface area contributed by atoms with Gasteiger partial charge in [0.15, 0.2) is 5.76 Å². The van der Waals surface area contributed by atoms with E-state index in [1.807, 2.05) is 50.2 Å². The highest BCUT2D eigenvalue weighted by atomic mass is 16.5. The number of pyridine rings is 1. The van der Waals surface area contributed by atoms with Crippen molar-refractivity contribution in [2.24, 2.45) is 5.92 Å². The van der Waals surface area contributed by atoms with E-state index in [0.717, 1.165) is 53.7 Å². The number of fused-ring (bicyclic) bond motifs is 2. The molecule has 5 heteroatoms. The Bertz CT molecular complexity index is 1330. The third-order valence-corrected chi connectivity index (χ3v) is 6.69. The monoisotopic (exact) mass is 429 g/mol. The van der Waals surface area contributed by atoms with Crippen LogP contribution in [0.2, 0.25) is 0 Å². The van der Waals surface area contributed by atoms with Crippen molar-refractivity contribution in [1.82, 2.24) is 4.98 Å². The van der Waals surface area contributed by atoms with E-state index in [1.54, 1.807) is 6.07 Å². The predicted octanol–water partition coefficient (Wildman–Crippen LogP) is 6.92. The first-order valence-corrected chi connectivity index (χ1v) is 11.2. The van der Waals surface area contributed by atoms with Crippen molar-refractivity contribution in [1.29, 1.82) is 0 Å². The van der Waals surface area contributed by atoms with E-state index >= 15 is 0 Å². The van der Waals surface area contributed by atoms with E-state index in [1.165, 1.54) is 0 Å². The number of benzene rings is 2. The summed E-state index contributed by atoms with van der Waals surface area (Å²) >= 11 is 0. The minimum absolute atomic E-state index is 0.107. The van der Waals surface area contributed by atoms with Gasteiger partial charge in [0.2, 0.25) is 0 Å². The Hall–Kier alpha value is -3.34. The van der Waals surface area contributed by atoms with Gasteiger partial charge in [-0.2, -0.15) is 0 Å². The molecule has 1 fully saturated rings. The zero-order chi connectivity index (χ0) is 22.4. The van der Waals surface area contributed by atoms with Gasteiger partial charge in [-0.1, -0.05) is 31.2 Å². The number of hydrogen-bond acceptors (Lipinski definition) is 4. The van der Waals surface area contributed by atoms with Crippen LogP contribution in [0.5, 0.6) is 5.75 Å². The molecule has 0 unspecified atom stereocenters. The van der Waals surface area contributed by atoms with Crippen LogP contribution in [-0.4, -0.2) is 22.2 Å². The summed E-state index contributed by atoms with van der Waals surface area (Å²) in [7, 11) is 0. The lowest BCUT2D eigenvalue weighted by Crippen LogP contribution is -2.23. The Morgan fingerprint density at radius 2 is 1.84 bits per heavy atom. The molecule has 0 amide bonds. The van der Waals surface area contributed by atoms with Gasteiger partial charge >= 0.3 is 5.97 Å². The Labute approximate surface area is 187 Å². The topological polar surface area (TPSA) is 72.6 Å². The zero-order valence-electron chi connectivity index (χ0n) is 18.6. The number of carbonyl (C=O) groups is 1. The fourth-order valence-electron chi connectivity index (χ4n) is 4.77. The van der Waals surface area contributed by atoms with Crippen LogP contribution in [-0.2, 0) is 0 Å². The largest absolute Gasteiger partial charge is 0.490 e. The Balaban J connectivity index is 1.67. The Morgan fingerprint density at radius 1 is 1.09 bits per heavy atom. The van der Waals surface area contributed by atoms with E-state index in [-0.39, 0.29) is 11.7 Å². The summed E-state index contributed by atoms with van der Waals surface area (Å²) in [6, 6.07) is 13.3. The third-order valence-electron chi connectivity index (χ3n) is 6.69. The number of ether oxygens (including phenoxy) is 1. The average molecular weight is 430 g/mol. The zero-order valence-corrected chi connectivity index (χ0v) is 18.6. The van der Waals surface area contributed by atoms with E-state index < -0.39 is 5.97 Å². The van der Waals surface area contributed by atoms with Crippen LogP contribution >= 0.6 is 0 Å². The number of carboxylic acid groups (broad SMARTS) is 1. The van der Waals surface area contributed by atoms with Gasteiger partial charge in [0, 0.05) is 10.9 Å².